The second kappa shape index (κ2) is 11.3. The van der Waals surface area contributed by atoms with E-state index in [0.717, 1.165) is 29.5 Å². The highest BCUT2D eigenvalue weighted by Gasteiger charge is 2.38. The topological polar surface area (TPSA) is 87.7 Å². The van der Waals surface area contributed by atoms with E-state index in [4.69, 9.17) is 4.74 Å². The first kappa shape index (κ1) is 27.5. The molecule has 1 atom stereocenters. The number of unbranched alkanes of at least 4 members (excludes halogenated alkanes) is 1. The Kier molecular flexibility index (Phi) is 9.73. The zero-order chi connectivity index (χ0) is 24.7. The number of hydrogen-bond acceptors (Lipinski definition) is 4. The second-order valence-corrected chi connectivity index (χ2v) is 10.3. The van der Waals surface area contributed by atoms with Crippen LogP contribution in [0.3, 0.4) is 0 Å². The van der Waals surface area contributed by atoms with Gasteiger partial charge >= 0.3 is 6.09 Å². The number of amides is 3. The van der Waals surface area contributed by atoms with E-state index in [2.05, 4.69) is 17.6 Å². The summed E-state index contributed by atoms with van der Waals surface area (Å²) >= 11 is 0. The minimum atomic E-state index is -0.821. The average Bonchev–Trinajstić information content (AvgIpc) is 2.60. The van der Waals surface area contributed by atoms with Crippen LogP contribution in [0.1, 0.15) is 84.0 Å². The molecule has 32 heavy (non-hydrogen) atoms. The fourth-order valence-corrected chi connectivity index (χ4v) is 3.52. The molecule has 3 amide bonds. The second-order valence-electron chi connectivity index (χ2n) is 10.3. The smallest absolute Gasteiger partial charge is 0.408 e. The Hall–Kier alpha value is -2.57. The van der Waals surface area contributed by atoms with Crippen LogP contribution in [0.15, 0.2) is 18.2 Å². The molecule has 0 saturated heterocycles. The van der Waals surface area contributed by atoms with Crippen LogP contribution in [0, 0.1) is 13.8 Å². The highest BCUT2D eigenvalue weighted by Crippen LogP contribution is 2.30. The monoisotopic (exact) mass is 447 g/mol. The molecule has 0 aromatic heterocycles. The molecule has 1 unspecified atom stereocenters. The van der Waals surface area contributed by atoms with Gasteiger partial charge in [0, 0.05) is 12.1 Å². The zero-order valence-electron chi connectivity index (χ0n) is 21.2. The number of carbonyl (C=O) groups excluding carboxylic acids is 3. The summed E-state index contributed by atoms with van der Waals surface area (Å²) in [4.78, 5) is 40.3. The van der Waals surface area contributed by atoms with Crippen molar-refractivity contribution in [2.45, 2.75) is 92.3 Å². The van der Waals surface area contributed by atoms with Gasteiger partial charge in [0.25, 0.3) is 0 Å². The van der Waals surface area contributed by atoms with Crippen LogP contribution in [-0.4, -0.2) is 47.0 Å². The van der Waals surface area contributed by atoms with Gasteiger partial charge in [-0.1, -0.05) is 42.7 Å². The lowest BCUT2D eigenvalue weighted by Gasteiger charge is -2.41. The van der Waals surface area contributed by atoms with Crippen molar-refractivity contribution in [1.29, 1.82) is 0 Å². The molecule has 180 valence electrons. The van der Waals surface area contributed by atoms with Crippen molar-refractivity contribution in [2.24, 2.45) is 0 Å². The van der Waals surface area contributed by atoms with Crippen molar-refractivity contribution in [3.05, 3.63) is 34.9 Å². The largest absolute Gasteiger partial charge is 0.444 e. The fourth-order valence-electron chi connectivity index (χ4n) is 3.52. The summed E-state index contributed by atoms with van der Waals surface area (Å²) < 4.78 is 5.24. The lowest BCUT2D eigenvalue weighted by atomic mass is 9.94. The number of nitrogens with zero attached hydrogens (tertiary/aromatic N) is 1. The summed E-state index contributed by atoms with van der Waals surface area (Å²) in [6.45, 7) is 17.2. The van der Waals surface area contributed by atoms with Gasteiger partial charge in [0.15, 0.2) is 0 Å². The number of ether oxygens (including phenoxy) is 1. The molecule has 0 fully saturated rings. The first-order valence-electron chi connectivity index (χ1n) is 11.3. The van der Waals surface area contributed by atoms with Gasteiger partial charge in [-0.3, -0.25) is 9.59 Å². The van der Waals surface area contributed by atoms with Crippen LogP contribution in [0.5, 0.6) is 0 Å². The van der Waals surface area contributed by atoms with Gasteiger partial charge in [0.05, 0.1) is 0 Å². The molecule has 1 aromatic rings. The first-order valence-corrected chi connectivity index (χ1v) is 11.3. The van der Waals surface area contributed by atoms with Crippen molar-refractivity contribution < 1.29 is 19.1 Å². The molecular formula is C25H41N3O4. The van der Waals surface area contributed by atoms with E-state index < -0.39 is 23.3 Å². The number of benzene rings is 1. The van der Waals surface area contributed by atoms with Crippen molar-refractivity contribution in [2.75, 3.05) is 13.1 Å². The Morgan fingerprint density at radius 3 is 2.00 bits per heavy atom. The molecule has 0 spiro atoms. The Bertz CT molecular complexity index is 786. The number of carbonyl (C=O) groups is 3. The number of alkyl carbamates (subject to hydrolysis) is 1. The molecule has 2 N–H and O–H groups in total. The quantitative estimate of drug-likeness (QED) is 0.578. The SMILES string of the molecule is CCCCNC(=O)C(c1cc(C)cc(C)c1)N(C(=O)CNC(=O)OC(C)(C)C)C(C)(C)C. The number of nitrogens with one attached hydrogen (secondary N) is 2. The molecule has 7 nitrogen and oxygen atoms in total. The molecule has 0 saturated carbocycles. The Balaban J connectivity index is 3.29. The van der Waals surface area contributed by atoms with Gasteiger partial charge < -0.3 is 20.3 Å². The van der Waals surface area contributed by atoms with E-state index >= 15 is 0 Å². The van der Waals surface area contributed by atoms with Gasteiger partial charge in [-0.05, 0) is 67.4 Å². The van der Waals surface area contributed by atoms with Crippen LogP contribution in [-0.2, 0) is 14.3 Å². The normalized spacial score (nSPS) is 12.7. The van der Waals surface area contributed by atoms with Gasteiger partial charge in [-0.25, -0.2) is 4.79 Å². The molecule has 7 heteroatoms. The third-order valence-corrected chi connectivity index (χ3v) is 4.67. The number of aryl methyl sites for hydroxylation is 2. The molecule has 0 heterocycles. The van der Waals surface area contributed by atoms with E-state index in [9.17, 15) is 14.4 Å². The lowest BCUT2D eigenvalue weighted by molar-refractivity contribution is -0.145. The van der Waals surface area contributed by atoms with E-state index in [1.165, 1.54) is 0 Å². The summed E-state index contributed by atoms with van der Waals surface area (Å²) in [5, 5.41) is 5.51. The van der Waals surface area contributed by atoms with Crippen LogP contribution in [0.2, 0.25) is 0 Å². The Labute approximate surface area is 193 Å². The van der Waals surface area contributed by atoms with E-state index in [-0.39, 0.29) is 18.4 Å². The van der Waals surface area contributed by atoms with Crippen molar-refractivity contribution in [1.82, 2.24) is 15.5 Å². The predicted molar refractivity (Wildman–Crippen MR) is 127 cm³/mol. The van der Waals surface area contributed by atoms with Gasteiger partial charge in [0.1, 0.15) is 18.2 Å². The van der Waals surface area contributed by atoms with Crippen LogP contribution >= 0.6 is 0 Å². The van der Waals surface area contributed by atoms with Crippen LogP contribution < -0.4 is 10.6 Å². The predicted octanol–water partition coefficient (Wildman–Crippen LogP) is 4.41. The summed E-state index contributed by atoms with van der Waals surface area (Å²) in [6, 6.07) is 5.08. The minimum absolute atomic E-state index is 0.232. The molecule has 0 aliphatic carbocycles. The van der Waals surface area contributed by atoms with Gasteiger partial charge in [-0.15, -0.1) is 0 Å². The molecule has 0 aliphatic rings. The molecule has 1 rings (SSSR count). The third-order valence-electron chi connectivity index (χ3n) is 4.67. The highest BCUT2D eigenvalue weighted by atomic mass is 16.6. The van der Waals surface area contributed by atoms with Gasteiger partial charge in [0.2, 0.25) is 11.8 Å². The summed E-state index contributed by atoms with van der Waals surface area (Å²) in [7, 11) is 0. The van der Waals surface area contributed by atoms with Crippen molar-refractivity contribution >= 4 is 17.9 Å². The van der Waals surface area contributed by atoms with Gasteiger partial charge in [-0.2, -0.15) is 0 Å². The van der Waals surface area contributed by atoms with E-state index in [1.54, 1.807) is 25.7 Å². The summed E-state index contributed by atoms with van der Waals surface area (Å²) in [6.07, 6.45) is 1.14. The van der Waals surface area contributed by atoms with E-state index in [1.807, 2.05) is 52.8 Å². The van der Waals surface area contributed by atoms with Crippen molar-refractivity contribution in [3.8, 4) is 0 Å². The summed E-state index contributed by atoms with van der Waals surface area (Å²) in [5.41, 5.74) is 1.44. The Morgan fingerprint density at radius 1 is 0.969 bits per heavy atom. The fraction of sp³-hybridized carbons (Fsp3) is 0.640. The first-order chi connectivity index (χ1) is 14.7. The maximum absolute atomic E-state index is 13.4. The lowest BCUT2D eigenvalue weighted by Crippen LogP contribution is -2.55. The molecule has 1 aromatic carbocycles. The highest BCUT2D eigenvalue weighted by molar-refractivity contribution is 5.91. The molecule has 0 bridgehead atoms. The van der Waals surface area contributed by atoms with Crippen LogP contribution in [0.4, 0.5) is 4.79 Å². The van der Waals surface area contributed by atoms with E-state index in [0.29, 0.717) is 6.54 Å². The third kappa shape index (κ3) is 8.89. The molecular weight excluding hydrogens is 406 g/mol. The molecule has 0 aliphatic heterocycles. The molecule has 0 radical (unpaired) electrons. The number of rotatable bonds is 8. The maximum atomic E-state index is 13.4. The standard InChI is InChI=1S/C25H41N3O4/c1-10-11-12-26-22(30)21(19-14-17(2)13-18(3)15-19)28(24(4,5)6)20(29)16-27-23(31)32-25(7,8)9/h13-15,21H,10-12,16H2,1-9H3,(H,26,30)(H,27,31). The summed E-state index contributed by atoms with van der Waals surface area (Å²) in [5.74, 6) is -0.595. The average molecular weight is 448 g/mol. The van der Waals surface area contributed by atoms with Crippen molar-refractivity contribution in [3.63, 3.8) is 0 Å². The van der Waals surface area contributed by atoms with Crippen LogP contribution in [0.25, 0.3) is 0 Å². The minimum Gasteiger partial charge on any atom is -0.444 e. The maximum Gasteiger partial charge on any atom is 0.408 e. The zero-order valence-corrected chi connectivity index (χ0v) is 21.2. The number of hydrogen-bond donors (Lipinski definition) is 2. The Morgan fingerprint density at radius 2 is 1.53 bits per heavy atom.